The molecular formula is C27H29N3O4S. The first-order chi connectivity index (χ1) is 16.9. The summed E-state index contributed by atoms with van der Waals surface area (Å²) in [6, 6.07) is 15.1. The summed E-state index contributed by atoms with van der Waals surface area (Å²) in [5, 5.41) is 4.92. The molecule has 8 heteroatoms. The lowest BCUT2D eigenvalue weighted by Gasteiger charge is -2.27. The molecule has 3 aromatic rings. The normalized spacial score (nSPS) is 11.7. The van der Waals surface area contributed by atoms with Crippen molar-refractivity contribution in [2.24, 2.45) is 0 Å². The Labute approximate surface area is 209 Å². The molecule has 0 unspecified atom stereocenters. The quantitative estimate of drug-likeness (QED) is 0.410. The zero-order valence-corrected chi connectivity index (χ0v) is 20.8. The van der Waals surface area contributed by atoms with E-state index in [0.29, 0.717) is 24.6 Å². The molecule has 7 nitrogen and oxygen atoms in total. The molecular weight excluding hydrogens is 462 g/mol. The molecule has 35 heavy (non-hydrogen) atoms. The van der Waals surface area contributed by atoms with Gasteiger partial charge < -0.3 is 24.6 Å². The van der Waals surface area contributed by atoms with Crippen LogP contribution in [0.15, 0.2) is 66.6 Å². The van der Waals surface area contributed by atoms with Crippen molar-refractivity contribution in [1.29, 1.82) is 0 Å². The van der Waals surface area contributed by atoms with Crippen LogP contribution < -0.4 is 14.8 Å². The monoisotopic (exact) mass is 491 g/mol. The molecule has 2 aromatic carbocycles. The van der Waals surface area contributed by atoms with Crippen LogP contribution >= 0.6 is 11.3 Å². The standard InChI is InChI=1S/C27H29N3O4S/c1-4-11-29(27(32)28-23-9-7-19(2)13-20(23)3)17-26(31)30(16-22-6-5-12-35-22)15-21-8-10-24-25(14-21)34-18-33-24/h4-10,12-14H,1,11,15-18H2,2-3H3,(H,28,32). The number of amides is 3. The van der Waals surface area contributed by atoms with Crippen LogP contribution in [0.25, 0.3) is 0 Å². The minimum Gasteiger partial charge on any atom is -0.454 e. The van der Waals surface area contributed by atoms with Gasteiger partial charge in [0.25, 0.3) is 0 Å². The van der Waals surface area contributed by atoms with E-state index >= 15 is 0 Å². The zero-order valence-electron chi connectivity index (χ0n) is 20.0. The molecule has 3 amide bonds. The smallest absolute Gasteiger partial charge is 0.322 e. The number of carbonyl (C=O) groups excluding carboxylic acids is 2. The van der Waals surface area contributed by atoms with Crippen LogP contribution in [0.3, 0.4) is 0 Å². The van der Waals surface area contributed by atoms with E-state index in [0.717, 1.165) is 27.3 Å². The maximum absolute atomic E-state index is 13.5. The third-order valence-electron chi connectivity index (χ3n) is 5.68. The average Bonchev–Trinajstić information content (AvgIpc) is 3.51. The predicted octanol–water partition coefficient (Wildman–Crippen LogP) is 5.34. The molecule has 0 saturated carbocycles. The highest BCUT2D eigenvalue weighted by atomic mass is 32.1. The summed E-state index contributed by atoms with van der Waals surface area (Å²) < 4.78 is 10.9. The first kappa shape index (κ1) is 24.3. The summed E-state index contributed by atoms with van der Waals surface area (Å²) in [5.41, 5.74) is 3.73. The minimum atomic E-state index is -0.343. The largest absolute Gasteiger partial charge is 0.454 e. The van der Waals surface area contributed by atoms with Crippen molar-refractivity contribution in [2.75, 3.05) is 25.2 Å². The summed E-state index contributed by atoms with van der Waals surface area (Å²) >= 11 is 1.59. The maximum Gasteiger partial charge on any atom is 0.322 e. The van der Waals surface area contributed by atoms with E-state index in [9.17, 15) is 9.59 Å². The van der Waals surface area contributed by atoms with Crippen LogP contribution in [0.5, 0.6) is 11.5 Å². The van der Waals surface area contributed by atoms with Gasteiger partial charge in [-0.15, -0.1) is 17.9 Å². The number of nitrogens with zero attached hydrogens (tertiary/aromatic N) is 2. The molecule has 0 atom stereocenters. The second-order valence-corrected chi connectivity index (χ2v) is 9.47. The van der Waals surface area contributed by atoms with Gasteiger partial charge in [-0.2, -0.15) is 0 Å². The highest BCUT2D eigenvalue weighted by molar-refractivity contribution is 7.09. The summed E-state index contributed by atoms with van der Waals surface area (Å²) in [7, 11) is 0. The van der Waals surface area contributed by atoms with Gasteiger partial charge >= 0.3 is 6.03 Å². The van der Waals surface area contributed by atoms with Crippen molar-refractivity contribution in [1.82, 2.24) is 9.80 Å². The van der Waals surface area contributed by atoms with E-state index in [1.54, 1.807) is 22.3 Å². The molecule has 1 aliphatic heterocycles. The lowest BCUT2D eigenvalue weighted by molar-refractivity contribution is -0.132. The van der Waals surface area contributed by atoms with Crippen molar-refractivity contribution in [3.05, 3.63) is 88.1 Å². The molecule has 182 valence electrons. The highest BCUT2D eigenvalue weighted by Crippen LogP contribution is 2.33. The molecule has 0 fully saturated rings. The van der Waals surface area contributed by atoms with Gasteiger partial charge in [-0.3, -0.25) is 4.79 Å². The number of thiophene rings is 1. The van der Waals surface area contributed by atoms with E-state index in [2.05, 4.69) is 11.9 Å². The number of anilines is 1. The Morgan fingerprint density at radius 3 is 2.63 bits per heavy atom. The first-order valence-corrected chi connectivity index (χ1v) is 12.2. The number of rotatable bonds is 9. The van der Waals surface area contributed by atoms with Crippen LogP contribution in [-0.2, 0) is 17.9 Å². The lowest BCUT2D eigenvalue weighted by Crippen LogP contribution is -2.44. The third kappa shape index (κ3) is 6.22. The fraction of sp³-hybridized carbons (Fsp3) is 0.259. The van der Waals surface area contributed by atoms with E-state index in [1.807, 2.05) is 67.8 Å². The number of benzene rings is 2. The fourth-order valence-electron chi connectivity index (χ4n) is 3.87. The lowest BCUT2D eigenvalue weighted by atomic mass is 10.1. The number of aryl methyl sites for hydroxylation is 2. The van der Waals surface area contributed by atoms with E-state index in [1.165, 1.54) is 4.90 Å². The summed E-state index contributed by atoms with van der Waals surface area (Å²) in [5.74, 6) is 1.21. The fourth-order valence-corrected chi connectivity index (χ4v) is 4.59. The molecule has 1 aliphatic rings. The zero-order chi connectivity index (χ0) is 24.8. The number of fused-ring (bicyclic) bond motifs is 1. The molecule has 0 spiro atoms. The van der Waals surface area contributed by atoms with Crippen molar-refractivity contribution < 1.29 is 19.1 Å². The van der Waals surface area contributed by atoms with Gasteiger partial charge in [0.1, 0.15) is 6.54 Å². The van der Waals surface area contributed by atoms with Crippen LogP contribution in [-0.4, -0.2) is 41.6 Å². The second kappa shape index (κ2) is 11.1. The Kier molecular flexibility index (Phi) is 7.72. The van der Waals surface area contributed by atoms with Crippen LogP contribution in [0, 0.1) is 13.8 Å². The SMILES string of the molecule is C=CCN(CC(=O)N(Cc1ccc2c(c1)OCO2)Cc1cccs1)C(=O)Nc1ccc(C)cc1C. The van der Waals surface area contributed by atoms with Crippen molar-refractivity contribution in [2.45, 2.75) is 26.9 Å². The van der Waals surface area contributed by atoms with Crippen molar-refractivity contribution in [3.8, 4) is 11.5 Å². The molecule has 0 saturated heterocycles. The molecule has 0 aliphatic carbocycles. The number of hydrogen-bond donors (Lipinski definition) is 1. The highest BCUT2D eigenvalue weighted by Gasteiger charge is 2.23. The molecule has 0 radical (unpaired) electrons. The second-order valence-electron chi connectivity index (χ2n) is 8.43. The van der Waals surface area contributed by atoms with Crippen LogP contribution in [0.1, 0.15) is 21.6 Å². The van der Waals surface area contributed by atoms with Gasteiger partial charge in [-0.25, -0.2) is 4.79 Å². The number of nitrogens with one attached hydrogen (secondary N) is 1. The predicted molar refractivity (Wildman–Crippen MR) is 138 cm³/mol. The van der Waals surface area contributed by atoms with Crippen LogP contribution in [0.4, 0.5) is 10.5 Å². The van der Waals surface area contributed by atoms with Gasteiger partial charge in [-0.1, -0.05) is 35.9 Å². The summed E-state index contributed by atoms with van der Waals surface area (Å²) in [4.78, 5) is 30.8. The molecule has 2 heterocycles. The Hall–Kier alpha value is -3.78. The Balaban J connectivity index is 1.49. The van der Waals surface area contributed by atoms with E-state index < -0.39 is 0 Å². The minimum absolute atomic E-state index is 0.0707. The Morgan fingerprint density at radius 2 is 1.89 bits per heavy atom. The van der Waals surface area contributed by atoms with Gasteiger partial charge in [0.15, 0.2) is 11.5 Å². The van der Waals surface area contributed by atoms with Gasteiger partial charge in [0.05, 0.1) is 6.54 Å². The van der Waals surface area contributed by atoms with Crippen LogP contribution in [0.2, 0.25) is 0 Å². The Bertz CT molecular complexity index is 1210. The Morgan fingerprint density at radius 1 is 1.06 bits per heavy atom. The number of ether oxygens (including phenoxy) is 2. The van der Waals surface area contributed by atoms with Gasteiger partial charge in [-0.05, 0) is 54.6 Å². The topological polar surface area (TPSA) is 71.1 Å². The number of carbonyl (C=O) groups is 2. The average molecular weight is 492 g/mol. The first-order valence-electron chi connectivity index (χ1n) is 11.4. The van der Waals surface area contributed by atoms with E-state index in [4.69, 9.17) is 9.47 Å². The van der Waals surface area contributed by atoms with Crippen molar-refractivity contribution in [3.63, 3.8) is 0 Å². The van der Waals surface area contributed by atoms with Crippen molar-refractivity contribution >= 4 is 29.0 Å². The number of hydrogen-bond acceptors (Lipinski definition) is 5. The number of urea groups is 1. The van der Waals surface area contributed by atoms with Gasteiger partial charge in [0.2, 0.25) is 12.7 Å². The maximum atomic E-state index is 13.5. The molecule has 0 bridgehead atoms. The van der Waals surface area contributed by atoms with Gasteiger partial charge in [0, 0.05) is 23.7 Å². The molecule has 1 aromatic heterocycles. The summed E-state index contributed by atoms with van der Waals surface area (Å²) in [6.45, 7) is 8.92. The third-order valence-corrected chi connectivity index (χ3v) is 6.54. The van der Waals surface area contributed by atoms with E-state index in [-0.39, 0.29) is 31.8 Å². The molecule has 4 rings (SSSR count). The summed E-state index contributed by atoms with van der Waals surface area (Å²) in [6.07, 6.45) is 1.62. The molecule has 1 N–H and O–H groups in total.